The van der Waals surface area contributed by atoms with Gasteiger partial charge in [0, 0.05) is 24.0 Å². The molecule has 2 atom stereocenters. The molecular weight excluding hydrogens is 378 g/mol. The van der Waals surface area contributed by atoms with Crippen molar-refractivity contribution in [3.05, 3.63) is 20.8 Å². The number of piperidine rings is 1. The molecule has 0 aliphatic carbocycles. The quantitative estimate of drug-likeness (QED) is 0.561. The molecule has 3 rings (SSSR count). The van der Waals surface area contributed by atoms with E-state index in [4.69, 9.17) is 4.98 Å². The third-order valence-electron chi connectivity index (χ3n) is 5.27. The number of aryl methyl sites for hydroxylation is 2. The minimum atomic E-state index is 0.00152. The predicted molar refractivity (Wildman–Crippen MR) is 114 cm³/mol. The number of thiophene rings is 1. The summed E-state index contributed by atoms with van der Waals surface area (Å²) < 4.78 is 1.74. The molecule has 5 nitrogen and oxygen atoms in total. The highest BCUT2D eigenvalue weighted by atomic mass is 32.2. The Bertz CT molecular complexity index is 906. The van der Waals surface area contributed by atoms with Crippen molar-refractivity contribution in [1.29, 1.82) is 0 Å². The van der Waals surface area contributed by atoms with Crippen molar-refractivity contribution in [3.63, 3.8) is 0 Å². The summed E-state index contributed by atoms with van der Waals surface area (Å²) >= 11 is 2.95. The first-order chi connectivity index (χ1) is 12.7. The predicted octanol–water partition coefficient (Wildman–Crippen LogP) is 4.25. The Balaban J connectivity index is 1.87. The summed E-state index contributed by atoms with van der Waals surface area (Å²) in [5.41, 5.74) is 1.03. The van der Waals surface area contributed by atoms with Crippen molar-refractivity contribution in [1.82, 2.24) is 14.5 Å². The Morgan fingerprint density at radius 1 is 1.26 bits per heavy atom. The third kappa shape index (κ3) is 4.09. The summed E-state index contributed by atoms with van der Waals surface area (Å²) in [4.78, 5) is 34.5. The van der Waals surface area contributed by atoms with Gasteiger partial charge in [-0.25, -0.2) is 4.98 Å². The summed E-state index contributed by atoms with van der Waals surface area (Å²) in [5, 5.41) is 1.37. The number of nitrogens with zero attached hydrogens (tertiary/aromatic N) is 3. The fraction of sp³-hybridized carbons (Fsp3) is 0.650. The molecule has 1 fully saturated rings. The van der Waals surface area contributed by atoms with Gasteiger partial charge in [-0.2, -0.15) is 0 Å². The van der Waals surface area contributed by atoms with Gasteiger partial charge in [0.2, 0.25) is 5.91 Å². The zero-order valence-corrected chi connectivity index (χ0v) is 18.7. The van der Waals surface area contributed by atoms with E-state index in [1.54, 1.807) is 15.9 Å². The average Bonchev–Trinajstić information content (AvgIpc) is 2.85. The number of aromatic nitrogens is 2. The minimum absolute atomic E-state index is 0.00152. The van der Waals surface area contributed by atoms with Crippen LogP contribution in [0.15, 0.2) is 9.95 Å². The number of thioether (sulfide) groups is 1. The molecule has 0 N–H and O–H groups in total. The maximum Gasteiger partial charge on any atom is 0.263 e. The Labute approximate surface area is 169 Å². The van der Waals surface area contributed by atoms with Gasteiger partial charge in [0.25, 0.3) is 5.56 Å². The van der Waals surface area contributed by atoms with Crippen molar-refractivity contribution in [2.45, 2.75) is 59.2 Å². The summed E-state index contributed by atoms with van der Waals surface area (Å²) in [6.45, 7) is 14.1. The second-order valence-corrected chi connectivity index (χ2v) is 10.3. The van der Waals surface area contributed by atoms with Gasteiger partial charge in [-0.05, 0) is 51.5 Å². The van der Waals surface area contributed by atoms with E-state index in [0.29, 0.717) is 22.7 Å². The highest BCUT2D eigenvalue weighted by molar-refractivity contribution is 7.99. The second kappa shape index (κ2) is 7.95. The number of carbonyl (C=O) groups excluding carboxylic acids is 1. The van der Waals surface area contributed by atoms with Crippen LogP contribution >= 0.6 is 23.1 Å². The zero-order chi connectivity index (χ0) is 19.9. The van der Waals surface area contributed by atoms with Gasteiger partial charge < -0.3 is 4.90 Å². The Hall–Kier alpha value is -1.34. The van der Waals surface area contributed by atoms with Crippen molar-refractivity contribution in [3.8, 4) is 0 Å². The van der Waals surface area contributed by atoms with Crippen LogP contribution in [0, 0.1) is 25.7 Å². The number of fused-ring (bicyclic) bond motifs is 1. The maximum atomic E-state index is 13.1. The first kappa shape index (κ1) is 20.4. The van der Waals surface area contributed by atoms with Crippen LogP contribution in [0.2, 0.25) is 0 Å². The van der Waals surface area contributed by atoms with Crippen molar-refractivity contribution < 1.29 is 4.79 Å². The zero-order valence-electron chi connectivity index (χ0n) is 17.0. The van der Waals surface area contributed by atoms with E-state index in [0.717, 1.165) is 33.7 Å². The third-order valence-corrected chi connectivity index (χ3v) is 7.30. The fourth-order valence-corrected chi connectivity index (χ4v) is 6.03. The van der Waals surface area contributed by atoms with Gasteiger partial charge in [0.1, 0.15) is 4.83 Å². The van der Waals surface area contributed by atoms with Crippen molar-refractivity contribution >= 4 is 39.2 Å². The van der Waals surface area contributed by atoms with Crippen LogP contribution in [-0.4, -0.2) is 39.2 Å². The monoisotopic (exact) mass is 407 g/mol. The molecule has 27 heavy (non-hydrogen) atoms. The van der Waals surface area contributed by atoms with Gasteiger partial charge in [-0.15, -0.1) is 11.3 Å². The Morgan fingerprint density at radius 3 is 2.48 bits per heavy atom. The van der Waals surface area contributed by atoms with Crippen molar-refractivity contribution in [2.75, 3.05) is 18.8 Å². The fourth-order valence-electron chi connectivity index (χ4n) is 3.93. The van der Waals surface area contributed by atoms with Crippen molar-refractivity contribution in [2.24, 2.45) is 11.8 Å². The largest absolute Gasteiger partial charge is 0.341 e. The van der Waals surface area contributed by atoms with Crippen LogP contribution in [0.4, 0.5) is 0 Å². The molecule has 0 saturated carbocycles. The second-order valence-electron chi connectivity index (χ2n) is 8.16. The maximum absolute atomic E-state index is 13.1. The molecule has 1 saturated heterocycles. The smallest absolute Gasteiger partial charge is 0.263 e. The number of carbonyl (C=O) groups is 1. The molecule has 148 valence electrons. The van der Waals surface area contributed by atoms with Crippen LogP contribution < -0.4 is 5.56 Å². The van der Waals surface area contributed by atoms with E-state index < -0.39 is 0 Å². The number of likely N-dealkylation sites (tertiary alicyclic amines) is 1. The number of rotatable bonds is 4. The molecule has 1 aliphatic rings. The van der Waals surface area contributed by atoms with Gasteiger partial charge in [-0.1, -0.05) is 25.6 Å². The summed E-state index contributed by atoms with van der Waals surface area (Å²) in [6.07, 6.45) is 1.18. The standard InChI is InChI=1S/C20H29N3O2S2/c1-11(2)23-19(25)17-14(5)15(6)27-18(17)21-20(23)26-10-16(24)22-8-12(3)7-13(4)9-22/h11-13H,7-10H2,1-6H3/t12-,13-/m1/s1. The lowest BCUT2D eigenvalue weighted by molar-refractivity contribution is -0.130. The molecular formula is C20H29N3O2S2. The van der Waals surface area contributed by atoms with Gasteiger partial charge in [0.05, 0.1) is 11.1 Å². The van der Waals surface area contributed by atoms with E-state index >= 15 is 0 Å². The number of hydrogen-bond donors (Lipinski definition) is 0. The van der Waals surface area contributed by atoms with E-state index in [2.05, 4.69) is 13.8 Å². The molecule has 0 unspecified atom stereocenters. The topological polar surface area (TPSA) is 55.2 Å². The van der Waals surface area contributed by atoms with Gasteiger partial charge >= 0.3 is 0 Å². The molecule has 3 heterocycles. The molecule has 0 spiro atoms. The van der Waals surface area contributed by atoms with Gasteiger partial charge in [0.15, 0.2) is 5.16 Å². The molecule has 1 amide bonds. The van der Waals surface area contributed by atoms with Crippen LogP contribution in [0.25, 0.3) is 10.2 Å². The van der Waals surface area contributed by atoms with E-state index in [1.807, 2.05) is 32.6 Å². The number of hydrogen-bond acceptors (Lipinski definition) is 5. The first-order valence-electron chi connectivity index (χ1n) is 9.61. The molecule has 0 aromatic carbocycles. The van der Waals surface area contributed by atoms with Gasteiger partial charge in [-0.3, -0.25) is 14.2 Å². The summed E-state index contributed by atoms with van der Waals surface area (Å²) in [6, 6.07) is 0.00152. The average molecular weight is 408 g/mol. The highest BCUT2D eigenvalue weighted by Crippen LogP contribution is 2.30. The van der Waals surface area contributed by atoms with Crippen LogP contribution in [0.5, 0.6) is 0 Å². The number of amides is 1. The van der Waals surface area contributed by atoms with Crippen LogP contribution in [0.1, 0.15) is 50.6 Å². The molecule has 2 aromatic heterocycles. The Kier molecular flexibility index (Phi) is 6.01. The van der Waals surface area contributed by atoms with Crippen LogP contribution in [-0.2, 0) is 4.79 Å². The Morgan fingerprint density at radius 2 is 1.89 bits per heavy atom. The molecule has 0 radical (unpaired) electrons. The SMILES string of the molecule is Cc1sc2nc(SCC(=O)N3C[C@H](C)C[C@@H](C)C3)n(C(C)C)c(=O)c2c1C. The summed E-state index contributed by atoms with van der Waals surface area (Å²) in [7, 11) is 0. The lowest BCUT2D eigenvalue weighted by atomic mass is 9.92. The van der Waals surface area contributed by atoms with E-state index in [1.165, 1.54) is 18.2 Å². The normalized spacial score (nSPS) is 20.6. The van der Waals surface area contributed by atoms with E-state index in [9.17, 15) is 9.59 Å². The summed E-state index contributed by atoms with van der Waals surface area (Å²) in [5.74, 6) is 1.56. The highest BCUT2D eigenvalue weighted by Gasteiger charge is 2.26. The van der Waals surface area contributed by atoms with Crippen LogP contribution in [0.3, 0.4) is 0 Å². The minimum Gasteiger partial charge on any atom is -0.341 e. The molecule has 1 aliphatic heterocycles. The van der Waals surface area contributed by atoms with E-state index in [-0.39, 0.29) is 17.5 Å². The lowest BCUT2D eigenvalue weighted by Crippen LogP contribution is -2.43. The molecule has 0 bridgehead atoms. The molecule has 2 aromatic rings. The first-order valence-corrected chi connectivity index (χ1v) is 11.4. The molecule has 7 heteroatoms. The lowest BCUT2D eigenvalue weighted by Gasteiger charge is -2.35.